The van der Waals surface area contributed by atoms with E-state index in [2.05, 4.69) is 6.58 Å². The maximum Gasteiger partial charge on any atom is 0.0978 e. The first kappa shape index (κ1) is 13.6. The van der Waals surface area contributed by atoms with Crippen molar-refractivity contribution in [2.24, 2.45) is 0 Å². The molecule has 1 aliphatic carbocycles. The van der Waals surface area contributed by atoms with Gasteiger partial charge in [-0.05, 0) is 31.8 Å². The number of ether oxygens (including phenoxy) is 2. The molecule has 1 aliphatic heterocycles. The predicted octanol–water partition coefficient (Wildman–Crippen LogP) is 2.94. The van der Waals surface area contributed by atoms with Crippen molar-refractivity contribution in [3.63, 3.8) is 0 Å². The molecule has 0 unspecified atom stereocenters. The lowest BCUT2D eigenvalue weighted by molar-refractivity contribution is -0.0560. The maximum atomic E-state index is 9.73. The third-order valence-corrected chi connectivity index (χ3v) is 3.74. The monoisotopic (exact) mass is 252 g/mol. The van der Waals surface area contributed by atoms with Gasteiger partial charge >= 0.3 is 0 Å². The van der Waals surface area contributed by atoms with Gasteiger partial charge in [-0.1, -0.05) is 12.5 Å². The third-order valence-electron chi connectivity index (χ3n) is 3.74. The summed E-state index contributed by atoms with van der Waals surface area (Å²) in [6, 6.07) is 0. The van der Waals surface area contributed by atoms with Gasteiger partial charge in [-0.15, -0.1) is 6.58 Å². The van der Waals surface area contributed by atoms with E-state index >= 15 is 0 Å². The van der Waals surface area contributed by atoms with E-state index in [9.17, 15) is 5.11 Å². The van der Waals surface area contributed by atoms with Gasteiger partial charge in [0.05, 0.1) is 30.7 Å². The second-order valence-electron chi connectivity index (χ2n) is 5.30. The van der Waals surface area contributed by atoms with Gasteiger partial charge in [-0.25, -0.2) is 0 Å². The van der Waals surface area contributed by atoms with Crippen LogP contribution >= 0.6 is 0 Å². The average molecular weight is 252 g/mol. The van der Waals surface area contributed by atoms with Crippen LogP contribution in [0.3, 0.4) is 0 Å². The minimum absolute atomic E-state index is 0.0434. The van der Waals surface area contributed by atoms with Crippen LogP contribution in [-0.4, -0.2) is 29.5 Å². The maximum absolute atomic E-state index is 9.73. The lowest BCUT2D eigenvalue weighted by Crippen LogP contribution is -2.33. The summed E-state index contributed by atoms with van der Waals surface area (Å²) in [5.41, 5.74) is 0. The van der Waals surface area contributed by atoms with Gasteiger partial charge in [0.25, 0.3) is 0 Å². The molecule has 3 atom stereocenters. The van der Waals surface area contributed by atoms with E-state index in [4.69, 9.17) is 9.47 Å². The molecule has 0 amide bonds. The summed E-state index contributed by atoms with van der Waals surface area (Å²) in [7, 11) is 0. The molecule has 2 aliphatic rings. The van der Waals surface area contributed by atoms with E-state index < -0.39 is 0 Å². The Bertz CT molecular complexity index is 281. The minimum atomic E-state index is -0.300. The number of aliphatic hydroxyl groups is 1. The van der Waals surface area contributed by atoms with Gasteiger partial charge in [0.1, 0.15) is 0 Å². The Labute approximate surface area is 109 Å². The van der Waals surface area contributed by atoms with Crippen LogP contribution in [0.5, 0.6) is 0 Å². The van der Waals surface area contributed by atoms with Gasteiger partial charge in [0, 0.05) is 12.8 Å². The van der Waals surface area contributed by atoms with Crippen LogP contribution in [0.1, 0.15) is 44.9 Å². The first-order valence-electron chi connectivity index (χ1n) is 7.06. The van der Waals surface area contributed by atoms with Crippen molar-refractivity contribution in [3.05, 3.63) is 25.0 Å². The number of hydrogen-bond donors (Lipinski definition) is 1. The number of aliphatic hydroxyl groups excluding tert-OH is 1. The van der Waals surface area contributed by atoms with Crippen molar-refractivity contribution in [1.29, 1.82) is 0 Å². The average Bonchev–Trinajstić information content (AvgIpc) is 2.39. The number of rotatable bonds is 4. The molecule has 2 rings (SSSR count). The van der Waals surface area contributed by atoms with Crippen LogP contribution < -0.4 is 0 Å². The lowest BCUT2D eigenvalue weighted by Gasteiger charge is -2.30. The molecular formula is C15H24O3. The van der Waals surface area contributed by atoms with Crippen LogP contribution in [0, 0.1) is 0 Å². The molecule has 0 aromatic heterocycles. The summed E-state index contributed by atoms with van der Waals surface area (Å²) in [6.45, 7) is 3.72. The topological polar surface area (TPSA) is 38.7 Å². The summed E-state index contributed by atoms with van der Waals surface area (Å²) in [5.74, 6) is 0. The van der Waals surface area contributed by atoms with Crippen LogP contribution in [0.15, 0.2) is 25.0 Å². The van der Waals surface area contributed by atoms with Crippen molar-refractivity contribution in [1.82, 2.24) is 0 Å². The first-order chi connectivity index (χ1) is 8.78. The molecule has 1 saturated carbocycles. The molecule has 1 N–H and O–H groups in total. The Morgan fingerprint density at radius 1 is 1.11 bits per heavy atom. The molecule has 0 aromatic carbocycles. The van der Waals surface area contributed by atoms with Crippen molar-refractivity contribution in [3.8, 4) is 0 Å². The summed E-state index contributed by atoms with van der Waals surface area (Å²) in [4.78, 5) is 0. The van der Waals surface area contributed by atoms with Crippen LogP contribution in [0.25, 0.3) is 0 Å². The second kappa shape index (κ2) is 6.95. The van der Waals surface area contributed by atoms with Gasteiger partial charge in [-0.2, -0.15) is 0 Å². The molecule has 1 saturated heterocycles. The van der Waals surface area contributed by atoms with E-state index in [1.54, 1.807) is 12.3 Å². The smallest absolute Gasteiger partial charge is 0.0978 e. The van der Waals surface area contributed by atoms with E-state index in [0.717, 1.165) is 12.8 Å². The lowest BCUT2D eigenvalue weighted by atomic mass is 9.98. The standard InChI is InChI=1S/C15H24O3/c1-2-13-10-12(16)11-15(18-13)8-9-17-14-6-4-3-5-7-14/h2,8-9,12-16H,1,3-7,10-11H2/b9-8-/t12-,13+,15-/m0/s1. The second-order valence-corrected chi connectivity index (χ2v) is 5.30. The summed E-state index contributed by atoms with van der Waals surface area (Å²) in [5, 5.41) is 9.73. The van der Waals surface area contributed by atoms with E-state index in [1.807, 2.05) is 6.08 Å². The highest BCUT2D eigenvalue weighted by Gasteiger charge is 2.25. The highest BCUT2D eigenvalue weighted by atomic mass is 16.5. The summed E-state index contributed by atoms with van der Waals surface area (Å²) in [6.07, 6.45) is 12.9. The predicted molar refractivity (Wildman–Crippen MR) is 71.2 cm³/mol. The fourth-order valence-corrected chi connectivity index (χ4v) is 2.69. The van der Waals surface area contributed by atoms with E-state index in [1.165, 1.54) is 19.3 Å². The van der Waals surface area contributed by atoms with Crippen LogP contribution in [-0.2, 0) is 9.47 Å². The third kappa shape index (κ3) is 4.14. The highest BCUT2D eigenvalue weighted by molar-refractivity contribution is 4.95. The SMILES string of the molecule is C=C[C@@H]1C[C@H](O)C[C@H](/C=C\OC2CCCCC2)O1. The van der Waals surface area contributed by atoms with Gasteiger partial charge in [0.2, 0.25) is 0 Å². The normalized spacial score (nSPS) is 34.6. The summed E-state index contributed by atoms with van der Waals surface area (Å²) >= 11 is 0. The fraction of sp³-hybridized carbons (Fsp3) is 0.733. The van der Waals surface area contributed by atoms with E-state index in [0.29, 0.717) is 18.9 Å². The van der Waals surface area contributed by atoms with Crippen molar-refractivity contribution in [2.45, 2.75) is 69.4 Å². The number of hydrogen-bond acceptors (Lipinski definition) is 3. The molecule has 0 radical (unpaired) electrons. The molecule has 0 spiro atoms. The quantitative estimate of drug-likeness (QED) is 0.617. The summed E-state index contributed by atoms with van der Waals surface area (Å²) < 4.78 is 11.5. The Balaban J connectivity index is 1.75. The van der Waals surface area contributed by atoms with Gasteiger partial charge in [-0.3, -0.25) is 0 Å². The Morgan fingerprint density at radius 2 is 1.83 bits per heavy atom. The van der Waals surface area contributed by atoms with Gasteiger partial charge in [0.15, 0.2) is 0 Å². The molecule has 102 valence electrons. The molecule has 3 heteroatoms. The Morgan fingerprint density at radius 3 is 2.56 bits per heavy atom. The molecule has 0 bridgehead atoms. The van der Waals surface area contributed by atoms with Crippen LogP contribution in [0.2, 0.25) is 0 Å². The fourth-order valence-electron chi connectivity index (χ4n) is 2.69. The van der Waals surface area contributed by atoms with Crippen molar-refractivity contribution >= 4 is 0 Å². The molecule has 3 nitrogen and oxygen atoms in total. The van der Waals surface area contributed by atoms with Crippen LogP contribution in [0.4, 0.5) is 0 Å². The zero-order valence-corrected chi connectivity index (χ0v) is 11.0. The Kier molecular flexibility index (Phi) is 5.26. The molecule has 18 heavy (non-hydrogen) atoms. The molecule has 2 fully saturated rings. The molecular weight excluding hydrogens is 228 g/mol. The van der Waals surface area contributed by atoms with E-state index in [-0.39, 0.29) is 18.3 Å². The Hall–Kier alpha value is -0.800. The highest BCUT2D eigenvalue weighted by Crippen LogP contribution is 2.23. The molecule has 0 aromatic rings. The van der Waals surface area contributed by atoms with Crippen molar-refractivity contribution in [2.75, 3.05) is 0 Å². The largest absolute Gasteiger partial charge is 0.498 e. The first-order valence-corrected chi connectivity index (χ1v) is 7.06. The van der Waals surface area contributed by atoms with Crippen molar-refractivity contribution < 1.29 is 14.6 Å². The zero-order chi connectivity index (χ0) is 12.8. The molecule has 1 heterocycles. The van der Waals surface area contributed by atoms with Gasteiger partial charge < -0.3 is 14.6 Å². The minimum Gasteiger partial charge on any atom is -0.498 e. The zero-order valence-electron chi connectivity index (χ0n) is 11.0.